The molecule has 3 aromatic carbocycles. The molecule has 0 saturated heterocycles. The molecule has 9 nitrogen and oxygen atoms in total. The fourth-order valence-electron chi connectivity index (χ4n) is 3.71. The Hall–Kier alpha value is -5.18. The van der Waals surface area contributed by atoms with Crippen LogP contribution in [0, 0.1) is 5.41 Å². The van der Waals surface area contributed by atoms with E-state index in [2.05, 4.69) is 13.2 Å². The number of esters is 4. The Morgan fingerprint density at radius 1 is 0.644 bits per heavy atom. The van der Waals surface area contributed by atoms with Crippen LogP contribution in [-0.4, -0.2) is 50.3 Å². The largest absolute Gasteiger partial charge is 0.489 e. The van der Waals surface area contributed by atoms with Crippen molar-refractivity contribution in [1.29, 1.82) is 0 Å². The Morgan fingerprint density at radius 3 is 1.67 bits per heavy atom. The smallest absolute Gasteiger partial charge is 0.338 e. The van der Waals surface area contributed by atoms with E-state index >= 15 is 0 Å². The summed E-state index contributed by atoms with van der Waals surface area (Å²) < 4.78 is 26.7. The summed E-state index contributed by atoms with van der Waals surface area (Å²) in [6.45, 7) is 15.3. The lowest BCUT2D eigenvalue weighted by Crippen LogP contribution is -2.25. The number of hydrogen-bond acceptors (Lipinski definition) is 9. The average Bonchev–Trinajstić information content (AvgIpc) is 3.00. The molecule has 0 fully saturated rings. The lowest BCUT2D eigenvalue weighted by atomic mass is 9.97. The maximum atomic E-state index is 12.7. The number of carbonyl (C=O) groups excluding carboxylic acids is 4. The molecule has 9 heteroatoms. The van der Waals surface area contributed by atoms with Crippen molar-refractivity contribution in [2.45, 2.75) is 34.6 Å². The van der Waals surface area contributed by atoms with E-state index in [1.165, 1.54) is 6.92 Å². The Kier molecular flexibility index (Phi) is 11.8. The summed E-state index contributed by atoms with van der Waals surface area (Å²) in [5.41, 5.74) is 3.52. The van der Waals surface area contributed by atoms with Crippen molar-refractivity contribution in [2.24, 2.45) is 5.41 Å². The normalized spacial score (nSPS) is 10.8. The summed E-state index contributed by atoms with van der Waals surface area (Å²) >= 11 is 0. The highest BCUT2D eigenvalue weighted by molar-refractivity contribution is 5.91. The van der Waals surface area contributed by atoms with Gasteiger partial charge in [0.25, 0.3) is 0 Å². The molecule has 0 aliphatic heterocycles. The minimum atomic E-state index is -0.626. The quantitative estimate of drug-likeness (QED) is 0.0678. The summed E-state index contributed by atoms with van der Waals surface area (Å²) in [7, 11) is 0. The molecule has 0 aromatic heterocycles. The van der Waals surface area contributed by atoms with Gasteiger partial charge in [0.05, 0.1) is 11.0 Å². The van der Waals surface area contributed by atoms with Crippen molar-refractivity contribution in [2.75, 3.05) is 26.4 Å². The van der Waals surface area contributed by atoms with Crippen molar-refractivity contribution in [3.8, 4) is 33.8 Å². The molecule has 0 N–H and O–H groups in total. The molecule has 0 saturated carbocycles. The number of rotatable bonds is 13. The van der Waals surface area contributed by atoms with E-state index < -0.39 is 23.3 Å². The number of hydrogen-bond donors (Lipinski definition) is 0. The number of benzene rings is 3. The van der Waals surface area contributed by atoms with Crippen LogP contribution < -0.4 is 9.47 Å². The standard InChI is InChI=1S/C36H38O9/c1-23(2)32(37)42-19-18-41-31-22-28(34(39)44-21-20-43-33(38)24(3)4)14-17-30(31)27-10-8-25(9-11-27)26-12-15-29(16-13-26)45-35(40)36(5,6)7/h8-17,22H,1,3,18-21H2,2,4-7H3. The summed E-state index contributed by atoms with van der Waals surface area (Å²) in [4.78, 5) is 48.2. The Balaban J connectivity index is 1.77. The average molecular weight is 615 g/mol. The van der Waals surface area contributed by atoms with Gasteiger partial charge in [-0.3, -0.25) is 4.79 Å². The summed E-state index contributed by atoms with van der Waals surface area (Å²) in [5.74, 6) is -1.18. The molecule has 0 heterocycles. The second kappa shape index (κ2) is 15.5. The van der Waals surface area contributed by atoms with Crippen LogP contribution >= 0.6 is 0 Å². The van der Waals surface area contributed by atoms with Gasteiger partial charge in [-0.2, -0.15) is 0 Å². The van der Waals surface area contributed by atoms with E-state index in [1.54, 1.807) is 58.0 Å². The Labute approximate surface area is 263 Å². The lowest BCUT2D eigenvalue weighted by Gasteiger charge is -2.16. The van der Waals surface area contributed by atoms with Crippen molar-refractivity contribution >= 4 is 23.9 Å². The zero-order valence-electron chi connectivity index (χ0n) is 26.3. The third kappa shape index (κ3) is 10.2. The van der Waals surface area contributed by atoms with Crippen LogP contribution in [0.1, 0.15) is 45.0 Å². The van der Waals surface area contributed by atoms with Crippen LogP contribution in [-0.2, 0) is 28.6 Å². The van der Waals surface area contributed by atoms with Gasteiger partial charge in [-0.05, 0) is 81.6 Å². The van der Waals surface area contributed by atoms with Gasteiger partial charge >= 0.3 is 23.9 Å². The molecule has 0 aliphatic rings. The summed E-state index contributed by atoms with van der Waals surface area (Å²) in [6, 6.07) is 19.9. The molecule has 0 atom stereocenters. The van der Waals surface area contributed by atoms with Crippen molar-refractivity contribution in [3.05, 3.63) is 96.6 Å². The summed E-state index contributed by atoms with van der Waals surface area (Å²) in [6.07, 6.45) is 0. The van der Waals surface area contributed by atoms with Gasteiger partial charge in [0, 0.05) is 16.7 Å². The maximum Gasteiger partial charge on any atom is 0.338 e. The molecule has 0 spiro atoms. The van der Waals surface area contributed by atoms with E-state index in [9.17, 15) is 19.2 Å². The minimum absolute atomic E-state index is 0.0199. The lowest BCUT2D eigenvalue weighted by molar-refractivity contribution is -0.143. The second-order valence-corrected chi connectivity index (χ2v) is 11.3. The highest BCUT2D eigenvalue weighted by Crippen LogP contribution is 2.33. The molecular weight excluding hydrogens is 576 g/mol. The molecule has 0 amide bonds. The maximum absolute atomic E-state index is 12.7. The fourth-order valence-corrected chi connectivity index (χ4v) is 3.71. The number of ether oxygens (including phenoxy) is 5. The summed E-state index contributed by atoms with van der Waals surface area (Å²) in [5, 5.41) is 0. The first-order valence-corrected chi connectivity index (χ1v) is 14.3. The third-order valence-electron chi connectivity index (χ3n) is 6.24. The van der Waals surface area contributed by atoms with Crippen molar-refractivity contribution in [3.63, 3.8) is 0 Å². The van der Waals surface area contributed by atoms with Crippen molar-refractivity contribution in [1.82, 2.24) is 0 Å². The van der Waals surface area contributed by atoms with E-state index in [-0.39, 0.29) is 49.1 Å². The van der Waals surface area contributed by atoms with Crippen LogP contribution in [0.2, 0.25) is 0 Å². The first kappa shape index (κ1) is 34.3. The molecule has 236 valence electrons. The van der Waals surface area contributed by atoms with Crippen LogP contribution in [0.15, 0.2) is 91.0 Å². The Morgan fingerprint density at radius 2 is 1.13 bits per heavy atom. The third-order valence-corrected chi connectivity index (χ3v) is 6.24. The van der Waals surface area contributed by atoms with Gasteiger partial charge in [-0.1, -0.05) is 49.6 Å². The zero-order valence-corrected chi connectivity index (χ0v) is 26.3. The fraction of sp³-hybridized carbons (Fsp3) is 0.278. The molecule has 0 unspecified atom stereocenters. The highest BCUT2D eigenvalue weighted by atomic mass is 16.6. The van der Waals surface area contributed by atoms with Crippen LogP contribution in [0.4, 0.5) is 0 Å². The van der Waals surface area contributed by atoms with Crippen LogP contribution in [0.3, 0.4) is 0 Å². The highest BCUT2D eigenvalue weighted by Gasteiger charge is 2.23. The van der Waals surface area contributed by atoms with Gasteiger partial charge in [0.2, 0.25) is 0 Å². The van der Waals surface area contributed by atoms with Gasteiger partial charge in [-0.15, -0.1) is 0 Å². The predicted octanol–water partition coefficient (Wildman–Crippen LogP) is 6.75. The molecular formula is C36H38O9. The zero-order chi connectivity index (χ0) is 33.1. The molecule has 0 bridgehead atoms. The SMILES string of the molecule is C=C(C)C(=O)OCCOC(=O)c1ccc(-c2ccc(-c3ccc(OC(=O)C(C)(C)C)cc3)cc2)c(OCCOC(=O)C(=C)C)c1. The topological polar surface area (TPSA) is 114 Å². The molecule has 45 heavy (non-hydrogen) atoms. The van der Waals surface area contributed by atoms with Crippen LogP contribution in [0.25, 0.3) is 22.3 Å². The molecule has 0 radical (unpaired) electrons. The van der Waals surface area contributed by atoms with Gasteiger partial charge in [-0.25, -0.2) is 14.4 Å². The minimum Gasteiger partial charge on any atom is -0.489 e. The monoisotopic (exact) mass is 614 g/mol. The second-order valence-electron chi connectivity index (χ2n) is 11.3. The molecule has 3 aromatic rings. The Bertz CT molecular complexity index is 1560. The molecule has 3 rings (SSSR count). The van der Waals surface area contributed by atoms with Gasteiger partial charge < -0.3 is 23.7 Å². The van der Waals surface area contributed by atoms with E-state index in [4.69, 9.17) is 23.7 Å². The van der Waals surface area contributed by atoms with Gasteiger partial charge in [0.1, 0.15) is 37.9 Å². The van der Waals surface area contributed by atoms with E-state index in [1.807, 2.05) is 36.4 Å². The van der Waals surface area contributed by atoms with Gasteiger partial charge in [0.15, 0.2) is 0 Å². The van der Waals surface area contributed by atoms with E-state index in [0.29, 0.717) is 17.1 Å². The first-order valence-electron chi connectivity index (χ1n) is 14.3. The molecule has 0 aliphatic carbocycles. The van der Waals surface area contributed by atoms with Crippen molar-refractivity contribution < 1.29 is 42.9 Å². The predicted molar refractivity (Wildman–Crippen MR) is 170 cm³/mol. The van der Waals surface area contributed by atoms with E-state index in [0.717, 1.165) is 16.7 Å². The van der Waals surface area contributed by atoms with Crippen LogP contribution in [0.5, 0.6) is 11.5 Å². The first-order chi connectivity index (χ1) is 21.3. The number of carbonyl (C=O) groups is 4.